The van der Waals surface area contributed by atoms with Crippen LogP contribution in [0.25, 0.3) is 0 Å². The number of carboxylic acids is 1. The number of urea groups is 1. The topological polar surface area (TPSA) is 60.9 Å². The average Bonchev–Trinajstić information content (AvgIpc) is 2.60. The summed E-state index contributed by atoms with van der Waals surface area (Å²) in [4.78, 5) is 26.5. The molecule has 1 aliphatic heterocycles. The smallest absolute Gasteiger partial charge is 0.320 e. The lowest BCUT2D eigenvalue weighted by atomic mass is 9.92. The quantitative estimate of drug-likeness (QED) is 0.813. The minimum Gasteiger partial charge on any atom is -0.481 e. The molecule has 2 rings (SSSR count). The highest BCUT2D eigenvalue weighted by Crippen LogP contribution is 2.27. The first kappa shape index (κ1) is 12.2. The molecular formula is C12H20N2O3. The number of nitrogens with zero attached hydrogens (tertiary/aromatic N) is 2. The molecule has 0 aromatic heterocycles. The third kappa shape index (κ3) is 2.53. The van der Waals surface area contributed by atoms with Gasteiger partial charge in [-0.1, -0.05) is 0 Å². The van der Waals surface area contributed by atoms with E-state index >= 15 is 0 Å². The summed E-state index contributed by atoms with van der Waals surface area (Å²) < 4.78 is 0. The third-order valence-electron chi connectivity index (χ3n) is 3.96. The monoisotopic (exact) mass is 240 g/mol. The van der Waals surface area contributed by atoms with E-state index in [2.05, 4.69) is 0 Å². The Labute approximate surface area is 101 Å². The number of amides is 2. The molecule has 5 nitrogen and oxygen atoms in total. The van der Waals surface area contributed by atoms with Gasteiger partial charge in [-0.15, -0.1) is 0 Å². The maximum Gasteiger partial charge on any atom is 0.320 e. The second-order valence-electron chi connectivity index (χ2n) is 5.07. The van der Waals surface area contributed by atoms with E-state index in [1.54, 1.807) is 9.80 Å². The van der Waals surface area contributed by atoms with E-state index in [9.17, 15) is 9.59 Å². The van der Waals surface area contributed by atoms with Crippen molar-refractivity contribution in [1.29, 1.82) is 0 Å². The van der Waals surface area contributed by atoms with Crippen molar-refractivity contribution >= 4 is 12.0 Å². The number of carboxylic acid groups (broad SMARTS) is 1. The SMILES string of the molecule is CN(C(=O)N1CCCC1CC(=O)O)C1CCC1. The van der Waals surface area contributed by atoms with E-state index in [4.69, 9.17) is 5.11 Å². The summed E-state index contributed by atoms with van der Waals surface area (Å²) in [5.74, 6) is -0.819. The second-order valence-corrected chi connectivity index (χ2v) is 5.07. The Balaban J connectivity index is 1.94. The summed E-state index contributed by atoms with van der Waals surface area (Å²) in [6.45, 7) is 0.702. The molecule has 1 atom stereocenters. The van der Waals surface area contributed by atoms with Crippen molar-refractivity contribution in [1.82, 2.24) is 9.80 Å². The van der Waals surface area contributed by atoms with Gasteiger partial charge in [-0.05, 0) is 32.1 Å². The number of hydrogen-bond acceptors (Lipinski definition) is 2. The van der Waals surface area contributed by atoms with Gasteiger partial charge < -0.3 is 14.9 Å². The number of likely N-dealkylation sites (tertiary alicyclic amines) is 1. The van der Waals surface area contributed by atoms with Crippen molar-refractivity contribution in [3.8, 4) is 0 Å². The fourth-order valence-electron chi connectivity index (χ4n) is 2.63. The molecule has 0 spiro atoms. The minimum atomic E-state index is -0.819. The average molecular weight is 240 g/mol. The molecule has 0 bridgehead atoms. The largest absolute Gasteiger partial charge is 0.481 e. The number of carbonyl (C=O) groups is 2. The molecule has 0 aromatic carbocycles. The summed E-state index contributed by atoms with van der Waals surface area (Å²) in [6, 6.07) is 0.273. The van der Waals surface area contributed by atoms with Crippen LogP contribution in [0.3, 0.4) is 0 Å². The van der Waals surface area contributed by atoms with E-state index in [0.29, 0.717) is 12.6 Å². The Morgan fingerprint density at radius 2 is 2.00 bits per heavy atom. The van der Waals surface area contributed by atoms with Crippen molar-refractivity contribution in [2.75, 3.05) is 13.6 Å². The molecule has 1 unspecified atom stereocenters. The van der Waals surface area contributed by atoms with Crippen LogP contribution in [0.2, 0.25) is 0 Å². The Morgan fingerprint density at radius 3 is 2.53 bits per heavy atom. The number of aliphatic carboxylic acids is 1. The van der Waals surface area contributed by atoms with Gasteiger partial charge in [0.1, 0.15) is 0 Å². The molecule has 5 heteroatoms. The van der Waals surface area contributed by atoms with Gasteiger partial charge in [0, 0.05) is 25.7 Å². The summed E-state index contributed by atoms with van der Waals surface area (Å²) >= 11 is 0. The lowest BCUT2D eigenvalue weighted by Crippen LogP contribution is -2.50. The summed E-state index contributed by atoms with van der Waals surface area (Å²) in [5.41, 5.74) is 0. The lowest BCUT2D eigenvalue weighted by molar-refractivity contribution is -0.138. The van der Waals surface area contributed by atoms with Gasteiger partial charge in [0.05, 0.1) is 6.42 Å². The Morgan fingerprint density at radius 1 is 1.29 bits per heavy atom. The first-order valence-electron chi connectivity index (χ1n) is 6.35. The van der Waals surface area contributed by atoms with Gasteiger partial charge in [-0.25, -0.2) is 4.79 Å². The van der Waals surface area contributed by atoms with Gasteiger partial charge in [0.25, 0.3) is 0 Å². The first-order valence-corrected chi connectivity index (χ1v) is 6.35. The molecule has 0 aromatic rings. The molecule has 17 heavy (non-hydrogen) atoms. The van der Waals surface area contributed by atoms with Gasteiger partial charge in [0.15, 0.2) is 0 Å². The van der Waals surface area contributed by atoms with Gasteiger partial charge in [0.2, 0.25) is 0 Å². The van der Waals surface area contributed by atoms with Crippen molar-refractivity contribution < 1.29 is 14.7 Å². The molecular weight excluding hydrogens is 220 g/mol. The van der Waals surface area contributed by atoms with Crippen LogP contribution >= 0.6 is 0 Å². The third-order valence-corrected chi connectivity index (χ3v) is 3.96. The zero-order chi connectivity index (χ0) is 12.4. The number of carbonyl (C=O) groups excluding carboxylic acids is 1. The van der Waals surface area contributed by atoms with Crippen LogP contribution in [0, 0.1) is 0 Å². The van der Waals surface area contributed by atoms with Crippen molar-refractivity contribution in [2.45, 2.75) is 50.6 Å². The van der Waals surface area contributed by atoms with Gasteiger partial charge >= 0.3 is 12.0 Å². The van der Waals surface area contributed by atoms with Crippen LogP contribution in [-0.4, -0.2) is 52.6 Å². The van der Waals surface area contributed by atoms with Gasteiger partial charge in [-0.2, -0.15) is 0 Å². The van der Waals surface area contributed by atoms with E-state index in [1.807, 2.05) is 7.05 Å². The van der Waals surface area contributed by atoms with Crippen molar-refractivity contribution in [3.05, 3.63) is 0 Å². The highest BCUT2D eigenvalue weighted by Gasteiger charge is 2.35. The maximum atomic E-state index is 12.2. The fraction of sp³-hybridized carbons (Fsp3) is 0.833. The number of rotatable bonds is 3. The Hall–Kier alpha value is -1.26. The fourth-order valence-corrected chi connectivity index (χ4v) is 2.63. The molecule has 2 amide bonds. The highest BCUT2D eigenvalue weighted by molar-refractivity contribution is 5.76. The summed E-state index contributed by atoms with van der Waals surface area (Å²) in [7, 11) is 1.84. The van der Waals surface area contributed by atoms with E-state index in [0.717, 1.165) is 25.7 Å². The molecule has 96 valence electrons. The van der Waals surface area contributed by atoms with Gasteiger partial charge in [-0.3, -0.25) is 4.79 Å². The molecule has 0 radical (unpaired) electrons. The molecule has 2 fully saturated rings. The van der Waals surface area contributed by atoms with Crippen molar-refractivity contribution in [2.24, 2.45) is 0 Å². The zero-order valence-electron chi connectivity index (χ0n) is 10.3. The van der Waals surface area contributed by atoms with Crippen LogP contribution in [0.1, 0.15) is 38.5 Å². The molecule has 1 aliphatic carbocycles. The second kappa shape index (κ2) is 4.94. The van der Waals surface area contributed by atoms with Crippen LogP contribution < -0.4 is 0 Å². The van der Waals surface area contributed by atoms with Crippen LogP contribution in [0.15, 0.2) is 0 Å². The molecule has 1 saturated heterocycles. The molecule has 1 N–H and O–H groups in total. The summed E-state index contributed by atoms with van der Waals surface area (Å²) in [5, 5.41) is 8.83. The van der Waals surface area contributed by atoms with Crippen LogP contribution in [0.5, 0.6) is 0 Å². The molecule has 1 saturated carbocycles. The Kier molecular flexibility index (Phi) is 3.54. The van der Waals surface area contributed by atoms with Crippen LogP contribution in [-0.2, 0) is 4.79 Å². The summed E-state index contributed by atoms with van der Waals surface area (Å²) in [6.07, 6.45) is 5.17. The molecule has 2 aliphatic rings. The molecule has 1 heterocycles. The zero-order valence-corrected chi connectivity index (χ0v) is 10.3. The number of hydrogen-bond donors (Lipinski definition) is 1. The predicted molar refractivity (Wildman–Crippen MR) is 62.8 cm³/mol. The Bertz CT molecular complexity index is 315. The van der Waals surface area contributed by atoms with E-state index in [1.165, 1.54) is 6.42 Å². The highest BCUT2D eigenvalue weighted by atomic mass is 16.4. The van der Waals surface area contributed by atoms with E-state index < -0.39 is 5.97 Å². The van der Waals surface area contributed by atoms with Crippen LogP contribution in [0.4, 0.5) is 4.79 Å². The standard InChI is InChI=1S/C12H20N2O3/c1-13(9-4-2-5-9)12(17)14-7-3-6-10(14)8-11(15)16/h9-10H,2-8H2,1H3,(H,15,16). The predicted octanol–water partition coefficient (Wildman–Crippen LogP) is 1.53. The first-order chi connectivity index (χ1) is 8.09. The lowest BCUT2D eigenvalue weighted by Gasteiger charge is -2.38. The van der Waals surface area contributed by atoms with Crippen molar-refractivity contribution in [3.63, 3.8) is 0 Å². The van der Waals surface area contributed by atoms with E-state index in [-0.39, 0.29) is 18.5 Å². The maximum absolute atomic E-state index is 12.2. The normalized spacial score (nSPS) is 24.5. The minimum absolute atomic E-state index is 0.0125.